The van der Waals surface area contributed by atoms with E-state index in [9.17, 15) is 0 Å². The Labute approximate surface area is 203 Å². The second-order valence-corrected chi connectivity index (χ2v) is 7.56. The molecule has 2 aromatic rings. The fourth-order valence-corrected chi connectivity index (χ4v) is 3.61. The summed E-state index contributed by atoms with van der Waals surface area (Å²) in [5.41, 5.74) is 1.27. The van der Waals surface area contributed by atoms with E-state index in [1.54, 1.807) is 6.26 Å². The van der Waals surface area contributed by atoms with Crippen molar-refractivity contribution >= 4 is 35.6 Å². The molecule has 0 radical (unpaired) electrons. The predicted molar refractivity (Wildman–Crippen MR) is 136 cm³/mol. The monoisotopic (exact) mass is 541 g/mol. The van der Waals surface area contributed by atoms with Gasteiger partial charge in [-0.1, -0.05) is 0 Å². The summed E-state index contributed by atoms with van der Waals surface area (Å²) < 4.78 is 10.8. The number of piperidine rings is 1. The molecular formula is C23H36IN5O2. The van der Waals surface area contributed by atoms with Crippen LogP contribution >= 0.6 is 24.0 Å². The molecule has 0 atom stereocenters. The first-order valence-corrected chi connectivity index (χ1v) is 11.1. The van der Waals surface area contributed by atoms with Gasteiger partial charge in [0.15, 0.2) is 5.96 Å². The number of aromatic nitrogens is 1. The lowest BCUT2D eigenvalue weighted by Gasteiger charge is -2.33. The van der Waals surface area contributed by atoms with Crippen LogP contribution in [0.25, 0.3) is 0 Å². The lowest BCUT2D eigenvalue weighted by atomic mass is 9.97. The minimum Gasteiger partial charge on any atom is -0.469 e. The summed E-state index contributed by atoms with van der Waals surface area (Å²) in [4.78, 5) is 11.4. The molecule has 0 amide bonds. The van der Waals surface area contributed by atoms with Crippen molar-refractivity contribution in [2.24, 2.45) is 10.9 Å². The summed E-state index contributed by atoms with van der Waals surface area (Å²) in [6.45, 7) is 8.22. The molecule has 1 fully saturated rings. The van der Waals surface area contributed by atoms with Crippen LogP contribution in [-0.4, -0.2) is 56.9 Å². The summed E-state index contributed by atoms with van der Waals surface area (Å²) in [7, 11) is 0. The van der Waals surface area contributed by atoms with Crippen LogP contribution in [0.1, 0.15) is 31.9 Å². The average Bonchev–Trinajstić information content (AvgIpc) is 3.31. The van der Waals surface area contributed by atoms with E-state index in [4.69, 9.17) is 14.1 Å². The van der Waals surface area contributed by atoms with Gasteiger partial charge in [-0.15, -0.1) is 24.0 Å². The second kappa shape index (κ2) is 15.1. The van der Waals surface area contributed by atoms with Crippen LogP contribution in [0.5, 0.6) is 0 Å². The Hall–Kier alpha value is -1.81. The van der Waals surface area contributed by atoms with Crippen molar-refractivity contribution in [1.82, 2.24) is 15.6 Å². The summed E-state index contributed by atoms with van der Waals surface area (Å²) >= 11 is 0. The zero-order valence-corrected chi connectivity index (χ0v) is 20.8. The number of hydrogen-bond acceptors (Lipinski definition) is 5. The molecule has 2 N–H and O–H groups in total. The van der Waals surface area contributed by atoms with Gasteiger partial charge in [-0.3, -0.25) is 9.98 Å². The highest BCUT2D eigenvalue weighted by Gasteiger charge is 2.19. The highest BCUT2D eigenvalue weighted by atomic mass is 127. The number of nitrogens with one attached hydrogen (secondary N) is 2. The van der Waals surface area contributed by atoms with Gasteiger partial charge in [0.05, 0.1) is 6.26 Å². The molecular weight excluding hydrogens is 505 g/mol. The van der Waals surface area contributed by atoms with E-state index < -0.39 is 0 Å². The maximum Gasteiger partial charge on any atom is 0.191 e. The molecule has 3 rings (SSSR count). The normalized spacial score (nSPS) is 14.9. The average molecular weight is 541 g/mol. The largest absolute Gasteiger partial charge is 0.469 e. The lowest BCUT2D eigenvalue weighted by molar-refractivity contribution is 0.145. The summed E-state index contributed by atoms with van der Waals surface area (Å²) in [5.74, 6) is 2.49. The third kappa shape index (κ3) is 9.47. The maximum absolute atomic E-state index is 5.43. The Morgan fingerprint density at radius 1 is 1.19 bits per heavy atom. The van der Waals surface area contributed by atoms with Crippen molar-refractivity contribution in [3.05, 3.63) is 48.7 Å². The third-order valence-electron chi connectivity index (χ3n) is 5.36. The summed E-state index contributed by atoms with van der Waals surface area (Å²) in [5, 5.41) is 6.89. The molecule has 0 bridgehead atoms. The fraction of sp³-hybridized carbons (Fsp3) is 0.565. The van der Waals surface area contributed by atoms with E-state index in [-0.39, 0.29) is 24.0 Å². The van der Waals surface area contributed by atoms with E-state index in [0.29, 0.717) is 5.92 Å². The minimum atomic E-state index is 0. The topological polar surface area (TPSA) is 74.9 Å². The fourth-order valence-electron chi connectivity index (χ4n) is 3.61. The molecule has 0 aliphatic carbocycles. The van der Waals surface area contributed by atoms with Gasteiger partial charge in [0, 0.05) is 70.4 Å². The number of ether oxygens (including phenoxy) is 1. The zero-order valence-electron chi connectivity index (χ0n) is 18.5. The molecule has 0 saturated carbocycles. The SMILES string of the molecule is CCOCCCNC(=NCC1CCN(c2ccncc2)CC1)NCCc1ccco1.I. The molecule has 0 aromatic carbocycles. The van der Waals surface area contributed by atoms with Crippen molar-refractivity contribution in [2.75, 3.05) is 50.8 Å². The van der Waals surface area contributed by atoms with Gasteiger partial charge in [-0.25, -0.2) is 0 Å². The number of guanidine groups is 1. The van der Waals surface area contributed by atoms with Crippen LogP contribution in [0.15, 0.2) is 52.3 Å². The Morgan fingerprint density at radius 2 is 1.97 bits per heavy atom. The van der Waals surface area contributed by atoms with Crippen molar-refractivity contribution < 1.29 is 9.15 Å². The standard InChI is InChI=1S/C23H35N5O2.HI/c1-2-29-17-4-11-25-23(26-14-8-22-5-3-18-30-22)27-19-20-9-15-28(16-10-20)21-6-12-24-13-7-21;/h3,5-7,12-13,18,20H,2,4,8-11,14-17,19H2,1H3,(H2,25,26,27);1H. The molecule has 0 spiro atoms. The van der Waals surface area contributed by atoms with E-state index >= 15 is 0 Å². The van der Waals surface area contributed by atoms with Gasteiger partial charge in [0.2, 0.25) is 0 Å². The summed E-state index contributed by atoms with van der Waals surface area (Å²) in [6.07, 6.45) is 9.58. The molecule has 0 unspecified atom stereocenters. The van der Waals surface area contributed by atoms with Gasteiger partial charge in [0.25, 0.3) is 0 Å². The van der Waals surface area contributed by atoms with Crippen LogP contribution in [0.4, 0.5) is 5.69 Å². The molecule has 1 aliphatic rings. The van der Waals surface area contributed by atoms with E-state index in [1.165, 1.54) is 5.69 Å². The number of rotatable bonds is 11. The Balaban J connectivity index is 0.00000341. The van der Waals surface area contributed by atoms with Gasteiger partial charge in [0.1, 0.15) is 5.76 Å². The maximum atomic E-state index is 5.43. The molecule has 8 heteroatoms. The van der Waals surface area contributed by atoms with Crippen molar-refractivity contribution in [3.63, 3.8) is 0 Å². The first kappa shape index (κ1) is 25.5. The van der Waals surface area contributed by atoms with Gasteiger partial charge in [-0.2, -0.15) is 0 Å². The van der Waals surface area contributed by atoms with Gasteiger partial charge < -0.3 is 24.7 Å². The molecule has 1 saturated heterocycles. The van der Waals surface area contributed by atoms with Crippen LogP contribution in [0.3, 0.4) is 0 Å². The molecule has 7 nitrogen and oxygen atoms in total. The van der Waals surface area contributed by atoms with E-state index in [2.05, 4.69) is 32.7 Å². The molecule has 3 heterocycles. The van der Waals surface area contributed by atoms with Crippen LogP contribution in [-0.2, 0) is 11.2 Å². The third-order valence-corrected chi connectivity index (χ3v) is 5.36. The van der Waals surface area contributed by atoms with Gasteiger partial charge in [-0.05, 0) is 56.4 Å². The number of halogens is 1. The number of nitrogens with zero attached hydrogens (tertiary/aromatic N) is 3. The highest BCUT2D eigenvalue weighted by Crippen LogP contribution is 2.22. The molecule has 2 aromatic heterocycles. The number of pyridine rings is 1. The van der Waals surface area contributed by atoms with Crippen LogP contribution in [0.2, 0.25) is 0 Å². The van der Waals surface area contributed by atoms with Crippen LogP contribution in [0, 0.1) is 5.92 Å². The van der Waals surface area contributed by atoms with E-state index in [1.807, 2.05) is 31.5 Å². The number of hydrogen-bond donors (Lipinski definition) is 2. The molecule has 172 valence electrons. The zero-order chi connectivity index (χ0) is 20.9. The Bertz CT molecular complexity index is 719. The summed E-state index contributed by atoms with van der Waals surface area (Å²) in [6, 6.07) is 8.11. The Morgan fingerprint density at radius 3 is 2.68 bits per heavy atom. The predicted octanol–water partition coefficient (Wildman–Crippen LogP) is 3.71. The first-order chi connectivity index (χ1) is 14.8. The van der Waals surface area contributed by atoms with Crippen molar-refractivity contribution in [1.29, 1.82) is 0 Å². The molecule has 1 aliphatic heterocycles. The molecule has 31 heavy (non-hydrogen) atoms. The number of furan rings is 1. The first-order valence-electron chi connectivity index (χ1n) is 11.1. The van der Waals surface area contributed by atoms with Crippen molar-refractivity contribution in [3.8, 4) is 0 Å². The number of aliphatic imine (C=N–C) groups is 1. The quantitative estimate of drug-likeness (QED) is 0.196. The lowest BCUT2D eigenvalue weighted by Crippen LogP contribution is -2.40. The number of anilines is 1. The second-order valence-electron chi connectivity index (χ2n) is 7.56. The van der Waals surface area contributed by atoms with E-state index in [0.717, 1.165) is 83.3 Å². The smallest absolute Gasteiger partial charge is 0.191 e. The Kier molecular flexibility index (Phi) is 12.4. The van der Waals surface area contributed by atoms with Crippen LogP contribution < -0.4 is 15.5 Å². The van der Waals surface area contributed by atoms with Gasteiger partial charge >= 0.3 is 0 Å². The van der Waals surface area contributed by atoms with Crippen molar-refractivity contribution in [2.45, 2.75) is 32.6 Å². The highest BCUT2D eigenvalue weighted by molar-refractivity contribution is 14.0. The minimum absolute atomic E-state index is 0.